The molecule has 5 heteroatoms. The van der Waals surface area contributed by atoms with Crippen LogP contribution in [0.4, 0.5) is 5.69 Å². The average Bonchev–Trinajstić information content (AvgIpc) is 3.09. The molecule has 0 aliphatic carbocycles. The van der Waals surface area contributed by atoms with Crippen molar-refractivity contribution in [3.63, 3.8) is 0 Å². The number of carbonyl (C=O) groups is 1. The van der Waals surface area contributed by atoms with Gasteiger partial charge in [-0.15, -0.1) is 11.3 Å². The van der Waals surface area contributed by atoms with Crippen molar-refractivity contribution in [3.8, 4) is 10.6 Å². The smallest absolute Gasteiger partial charge is 0.256 e. The lowest BCUT2D eigenvalue weighted by atomic mass is 10.1. The summed E-state index contributed by atoms with van der Waals surface area (Å²) < 4.78 is 0.972. The lowest BCUT2D eigenvalue weighted by molar-refractivity contribution is 0.102. The lowest BCUT2D eigenvalue weighted by Gasteiger charge is -2.10. The summed E-state index contributed by atoms with van der Waals surface area (Å²) in [4.78, 5) is 20.0. The zero-order valence-corrected chi connectivity index (χ0v) is 16.4. The van der Waals surface area contributed by atoms with E-state index in [1.54, 1.807) is 11.3 Å². The van der Waals surface area contributed by atoms with E-state index in [1.165, 1.54) is 4.88 Å². The highest BCUT2D eigenvalue weighted by atomic mass is 79.9. The number of aromatic nitrogens is 1. The van der Waals surface area contributed by atoms with Crippen LogP contribution >= 0.6 is 27.3 Å². The van der Waals surface area contributed by atoms with Gasteiger partial charge in [0.1, 0.15) is 0 Å². The molecular weight excluding hydrogens is 408 g/mol. The van der Waals surface area contributed by atoms with Gasteiger partial charge in [0.2, 0.25) is 0 Å². The molecule has 4 aromatic rings. The molecule has 0 aliphatic heterocycles. The van der Waals surface area contributed by atoms with Crippen molar-refractivity contribution in [1.29, 1.82) is 0 Å². The van der Waals surface area contributed by atoms with Crippen LogP contribution in [0.5, 0.6) is 0 Å². The van der Waals surface area contributed by atoms with Gasteiger partial charge in [-0.05, 0) is 55.5 Å². The SMILES string of the molecule is Cc1ccc(-c2cc(C(=O)Nc3ccc(Br)cc3)c3ccccc3n2)s1. The van der Waals surface area contributed by atoms with E-state index < -0.39 is 0 Å². The van der Waals surface area contributed by atoms with Crippen molar-refractivity contribution in [2.24, 2.45) is 0 Å². The summed E-state index contributed by atoms with van der Waals surface area (Å²) in [5.41, 5.74) is 3.02. The summed E-state index contributed by atoms with van der Waals surface area (Å²) in [7, 11) is 0. The number of pyridine rings is 1. The number of aryl methyl sites for hydroxylation is 1. The van der Waals surface area contributed by atoms with Gasteiger partial charge in [-0.2, -0.15) is 0 Å². The van der Waals surface area contributed by atoms with Gasteiger partial charge in [-0.25, -0.2) is 4.98 Å². The Bertz CT molecular complexity index is 1100. The highest BCUT2D eigenvalue weighted by Gasteiger charge is 2.15. The van der Waals surface area contributed by atoms with Crippen molar-refractivity contribution >= 4 is 49.8 Å². The van der Waals surface area contributed by atoms with Crippen LogP contribution in [0.2, 0.25) is 0 Å². The van der Waals surface area contributed by atoms with Crippen LogP contribution in [0.25, 0.3) is 21.5 Å². The third kappa shape index (κ3) is 3.41. The second-order valence-electron chi connectivity index (χ2n) is 5.94. The number of thiophene rings is 1. The number of halogens is 1. The maximum absolute atomic E-state index is 13.0. The Morgan fingerprint density at radius 1 is 1.04 bits per heavy atom. The van der Waals surface area contributed by atoms with Crippen molar-refractivity contribution in [1.82, 2.24) is 4.98 Å². The molecule has 0 unspecified atom stereocenters. The fourth-order valence-corrected chi connectivity index (χ4v) is 3.89. The highest BCUT2D eigenvalue weighted by Crippen LogP contribution is 2.30. The lowest BCUT2D eigenvalue weighted by Crippen LogP contribution is -2.13. The number of fused-ring (bicyclic) bond motifs is 1. The number of amides is 1. The van der Waals surface area contributed by atoms with Gasteiger partial charge in [0.15, 0.2) is 0 Å². The van der Waals surface area contributed by atoms with Gasteiger partial charge in [-0.3, -0.25) is 4.79 Å². The largest absolute Gasteiger partial charge is 0.322 e. The van der Waals surface area contributed by atoms with Crippen molar-refractivity contribution in [2.75, 3.05) is 5.32 Å². The number of hydrogen-bond acceptors (Lipinski definition) is 3. The van der Waals surface area contributed by atoms with E-state index in [9.17, 15) is 4.79 Å². The van der Waals surface area contributed by atoms with Crippen molar-refractivity contribution in [3.05, 3.63) is 81.6 Å². The van der Waals surface area contributed by atoms with E-state index in [4.69, 9.17) is 4.98 Å². The molecule has 4 rings (SSSR count). The number of carbonyl (C=O) groups excluding carboxylic acids is 1. The van der Waals surface area contributed by atoms with E-state index in [2.05, 4.69) is 34.2 Å². The number of hydrogen-bond donors (Lipinski definition) is 1. The monoisotopic (exact) mass is 422 g/mol. The van der Waals surface area contributed by atoms with Crippen LogP contribution in [0, 0.1) is 6.92 Å². The van der Waals surface area contributed by atoms with Crippen LogP contribution in [0.1, 0.15) is 15.2 Å². The molecular formula is C21H15BrN2OS. The van der Waals surface area contributed by atoms with Crippen molar-refractivity contribution < 1.29 is 4.79 Å². The van der Waals surface area contributed by atoms with Crippen LogP contribution in [0.15, 0.2) is 71.2 Å². The molecule has 0 saturated heterocycles. The van der Waals surface area contributed by atoms with E-state index in [0.717, 1.165) is 31.6 Å². The summed E-state index contributed by atoms with van der Waals surface area (Å²) in [6, 6.07) is 21.3. The molecule has 2 aromatic carbocycles. The average molecular weight is 423 g/mol. The van der Waals surface area contributed by atoms with Gasteiger partial charge >= 0.3 is 0 Å². The van der Waals surface area contributed by atoms with Gasteiger partial charge < -0.3 is 5.32 Å². The summed E-state index contributed by atoms with van der Waals surface area (Å²) in [6.07, 6.45) is 0. The molecule has 0 aliphatic rings. The predicted octanol–water partition coefficient (Wildman–Crippen LogP) is 6.29. The standard InChI is InChI=1S/C21H15BrN2OS/c1-13-6-11-20(26-13)19-12-17(16-4-2-3-5-18(16)24-19)21(25)23-15-9-7-14(22)8-10-15/h2-12H,1H3,(H,23,25). The Labute approximate surface area is 163 Å². The third-order valence-electron chi connectivity index (χ3n) is 4.06. The van der Waals surface area contributed by atoms with Crippen LogP contribution in [-0.4, -0.2) is 10.9 Å². The second kappa shape index (κ2) is 7.02. The van der Waals surface area contributed by atoms with E-state index in [0.29, 0.717) is 5.56 Å². The Morgan fingerprint density at radius 3 is 2.54 bits per heavy atom. The van der Waals surface area contributed by atoms with E-state index in [1.807, 2.05) is 60.7 Å². The normalized spacial score (nSPS) is 10.8. The first kappa shape index (κ1) is 16.9. The molecule has 26 heavy (non-hydrogen) atoms. The Morgan fingerprint density at radius 2 is 1.81 bits per heavy atom. The molecule has 0 radical (unpaired) electrons. The molecule has 128 valence electrons. The zero-order valence-electron chi connectivity index (χ0n) is 14.0. The topological polar surface area (TPSA) is 42.0 Å². The fraction of sp³-hybridized carbons (Fsp3) is 0.0476. The first-order valence-corrected chi connectivity index (χ1v) is 9.74. The maximum atomic E-state index is 13.0. The number of anilines is 1. The Balaban J connectivity index is 1.79. The van der Waals surface area contributed by atoms with Gasteiger partial charge in [0.25, 0.3) is 5.91 Å². The minimum atomic E-state index is -0.138. The Kier molecular flexibility index (Phi) is 4.57. The molecule has 2 heterocycles. The van der Waals surface area contributed by atoms with Crippen LogP contribution < -0.4 is 5.32 Å². The van der Waals surface area contributed by atoms with Gasteiger partial charge in [0, 0.05) is 20.4 Å². The number of benzene rings is 2. The summed E-state index contributed by atoms with van der Waals surface area (Å²) in [5.74, 6) is -0.138. The van der Waals surface area contributed by atoms with Gasteiger partial charge in [0.05, 0.1) is 21.7 Å². The van der Waals surface area contributed by atoms with Crippen LogP contribution in [-0.2, 0) is 0 Å². The molecule has 2 aromatic heterocycles. The number of nitrogens with one attached hydrogen (secondary N) is 1. The summed E-state index contributed by atoms with van der Waals surface area (Å²) >= 11 is 5.08. The molecule has 0 spiro atoms. The molecule has 0 fully saturated rings. The maximum Gasteiger partial charge on any atom is 0.256 e. The zero-order chi connectivity index (χ0) is 18.1. The molecule has 0 atom stereocenters. The number of para-hydroxylation sites is 1. The molecule has 0 saturated carbocycles. The highest BCUT2D eigenvalue weighted by molar-refractivity contribution is 9.10. The van der Waals surface area contributed by atoms with E-state index in [-0.39, 0.29) is 5.91 Å². The first-order valence-electron chi connectivity index (χ1n) is 8.14. The quantitative estimate of drug-likeness (QED) is 0.421. The second-order valence-corrected chi connectivity index (χ2v) is 8.15. The molecule has 3 nitrogen and oxygen atoms in total. The summed E-state index contributed by atoms with van der Waals surface area (Å²) in [5, 5.41) is 3.82. The number of rotatable bonds is 3. The molecule has 1 N–H and O–H groups in total. The van der Waals surface area contributed by atoms with E-state index >= 15 is 0 Å². The summed E-state index contributed by atoms with van der Waals surface area (Å²) in [6.45, 7) is 2.07. The molecule has 0 bridgehead atoms. The van der Waals surface area contributed by atoms with Gasteiger partial charge in [-0.1, -0.05) is 34.1 Å². The Hall–Kier alpha value is -2.50. The van der Waals surface area contributed by atoms with Crippen molar-refractivity contribution in [2.45, 2.75) is 6.92 Å². The fourth-order valence-electron chi connectivity index (χ4n) is 2.79. The van der Waals surface area contributed by atoms with Crippen LogP contribution in [0.3, 0.4) is 0 Å². The minimum absolute atomic E-state index is 0.138. The third-order valence-corrected chi connectivity index (χ3v) is 5.61. The first-order chi connectivity index (χ1) is 12.6. The molecule has 1 amide bonds. The minimum Gasteiger partial charge on any atom is -0.322 e. The number of nitrogens with zero attached hydrogens (tertiary/aromatic N) is 1. The predicted molar refractivity (Wildman–Crippen MR) is 112 cm³/mol.